The van der Waals surface area contributed by atoms with Gasteiger partial charge in [-0.2, -0.15) is 11.8 Å². The molecule has 8 N–H and O–H groups in total. The van der Waals surface area contributed by atoms with Gasteiger partial charge in [0.1, 0.15) is 18.1 Å². The molecule has 10 nitrogen and oxygen atoms in total. The summed E-state index contributed by atoms with van der Waals surface area (Å²) >= 11 is 1.52. The summed E-state index contributed by atoms with van der Waals surface area (Å²) in [6.45, 7) is 5.63. The van der Waals surface area contributed by atoms with E-state index in [4.69, 9.17) is 11.5 Å². The van der Waals surface area contributed by atoms with Crippen molar-refractivity contribution < 1.29 is 24.3 Å². The second kappa shape index (κ2) is 15.9. The van der Waals surface area contributed by atoms with Crippen LogP contribution in [0.3, 0.4) is 0 Å². The third kappa shape index (κ3) is 11.4. The van der Waals surface area contributed by atoms with Crippen LogP contribution in [0.2, 0.25) is 0 Å². The van der Waals surface area contributed by atoms with Crippen molar-refractivity contribution in [3.8, 4) is 0 Å². The number of rotatable bonds is 16. The van der Waals surface area contributed by atoms with Crippen molar-refractivity contribution in [2.45, 2.75) is 77.0 Å². The zero-order chi connectivity index (χ0) is 24.0. The minimum atomic E-state index is -1.14. The molecule has 0 aromatic heterocycles. The molecule has 0 saturated carbocycles. The summed E-state index contributed by atoms with van der Waals surface area (Å²) < 4.78 is 0. The third-order valence-electron chi connectivity index (χ3n) is 5.01. The molecule has 11 heteroatoms. The Labute approximate surface area is 189 Å². The van der Waals surface area contributed by atoms with Crippen LogP contribution in [0.4, 0.5) is 0 Å². The lowest BCUT2D eigenvalue weighted by molar-refractivity contribution is -0.143. The van der Waals surface area contributed by atoms with Crippen molar-refractivity contribution in [3.63, 3.8) is 0 Å². The number of unbranched alkanes of at least 4 members (excludes halogenated alkanes) is 1. The van der Waals surface area contributed by atoms with E-state index in [-0.39, 0.29) is 12.3 Å². The van der Waals surface area contributed by atoms with Crippen molar-refractivity contribution in [2.75, 3.05) is 18.6 Å². The molecule has 31 heavy (non-hydrogen) atoms. The van der Waals surface area contributed by atoms with Crippen molar-refractivity contribution >= 4 is 35.5 Å². The maximum absolute atomic E-state index is 12.9. The average molecular weight is 462 g/mol. The fourth-order valence-electron chi connectivity index (χ4n) is 2.78. The molecular formula is C20H39N5O5S. The number of carboxylic acid groups (broad SMARTS) is 1. The largest absolute Gasteiger partial charge is 0.480 e. The molecular weight excluding hydrogens is 422 g/mol. The van der Waals surface area contributed by atoms with Crippen LogP contribution in [0.25, 0.3) is 0 Å². The van der Waals surface area contributed by atoms with Gasteiger partial charge < -0.3 is 32.5 Å². The van der Waals surface area contributed by atoms with Gasteiger partial charge in [0, 0.05) is 0 Å². The van der Waals surface area contributed by atoms with E-state index in [1.807, 2.05) is 13.2 Å². The zero-order valence-corrected chi connectivity index (χ0v) is 19.8. The van der Waals surface area contributed by atoms with Crippen LogP contribution >= 0.6 is 11.8 Å². The standard InChI is InChI=1S/C20H39N5O5S/c1-5-12(2)16(19(28)24-15(20(29)30)8-6-7-10-21)25-18(27)14(9-11-31-4)23-17(26)13(3)22/h12-16H,5-11,21-22H2,1-4H3,(H,23,26)(H,24,28)(H,25,27)(H,29,30). The number of amides is 3. The lowest BCUT2D eigenvalue weighted by atomic mass is 9.97. The molecule has 0 radical (unpaired) electrons. The highest BCUT2D eigenvalue weighted by atomic mass is 32.2. The molecule has 0 heterocycles. The first kappa shape index (κ1) is 29.1. The molecule has 180 valence electrons. The molecule has 0 saturated heterocycles. The number of thioether (sulfide) groups is 1. The van der Waals surface area contributed by atoms with Crippen LogP contribution < -0.4 is 27.4 Å². The highest BCUT2D eigenvalue weighted by molar-refractivity contribution is 7.98. The Kier molecular flexibility index (Phi) is 14.9. The normalized spacial score (nSPS) is 15.8. The Balaban J connectivity index is 5.37. The molecule has 3 amide bonds. The van der Waals surface area contributed by atoms with Crippen LogP contribution in [0.5, 0.6) is 0 Å². The Morgan fingerprint density at radius 2 is 1.55 bits per heavy atom. The first-order valence-corrected chi connectivity index (χ1v) is 12.1. The van der Waals surface area contributed by atoms with Crippen LogP contribution in [-0.2, 0) is 19.2 Å². The Hall–Kier alpha value is -1.85. The van der Waals surface area contributed by atoms with Crippen LogP contribution in [0.15, 0.2) is 0 Å². The summed E-state index contributed by atoms with van der Waals surface area (Å²) in [4.78, 5) is 49.3. The van der Waals surface area contributed by atoms with Crippen molar-refractivity contribution in [3.05, 3.63) is 0 Å². The topological polar surface area (TPSA) is 177 Å². The average Bonchev–Trinajstić information content (AvgIpc) is 2.72. The van der Waals surface area contributed by atoms with Crippen LogP contribution in [0.1, 0.15) is 52.9 Å². The minimum Gasteiger partial charge on any atom is -0.480 e. The number of nitrogens with one attached hydrogen (secondary N) is 3. The number of hydrogen-bond donors (Lipinski definition) is 6. The Bertz CT molecular complexity index is 590. The van der Waals surface area contributed by atoms with Crippen molar-refractivity contribution in [2.24, 2.45) is 17.4 Å². The van der Waals surface area contributed by atoms with Crippen LogP contribution in [0, 0.1) is 5.92 Å². The molecule has 0 spiro atoms. The molecule has 0 aromatic carbocycles. The molecule has 0 bridgehead atoms. The number of carbonyl (C=O) groups excluding carboxylic acids is 3. The summed E-state index contributed by atoms with van der Waals surface area (Å²) in [7, 11) is 0. The minimum absolute atomic E-state index is 0.243. The van der Waals surface area contributed by atoms with Gasteiger partial charge >= 0.3 is 5.97 Å². The highest BCUT2D eigenvalue weighted by Crippen LogP contribution is 2.11. The maximum Gasteiger partial charge on any atom is 0.326 e. The van der Waals surface area contributed by atoms with Crippen molar-refractivity contribution in [1.82, 2.24) is 16.0 Å². The van der Waals surface area contributed by atoms with Crippen LogP contribution in [-0.4, -0.2) is 71.5 Å². The predicted molar refractivity (Wildman–Crippen MR) is 122 cm³/mol. The summed E-state index contributed by atoms with van der Waals surface area (Å²) in [6.07, 6.45) is 4.31. The number of aliphatic carboxylic acids is 1. The van der Waals surface area contributed by atoms with E-state index in [1.165, 1.54) is 18.7 Å². The van der Waals surface area contributed by atoms with E-state index in [2.05, 4.69) is 16.0 Å². The first-order valence-electron chi connectivity index (χ1n) is 10.7. The Morgan fingerprint density at radius 1 is 0.935 bits per heavy atom. The van der Waals surface area contributed by atoms with Gasteiger partial charge in [0.05, 0.1) is 6.04 Å². The predicted octanol–water partition coefficient (Wildman–Crippen LogP) is -0.199. The van der Waals surface area contributed by atoms with Gasteiger partial charge in [0.2, 0.25) is 17.7 Å². The summed E-state index contributed by atoms with van der Waals surface area (Å²) in [5.74, 6) is -2.28. The van der Waals surface area contributed by atoms with E-state index in [1.54, 1.807) is 6.92 Å². The second-order valence-electron chi connectivity index (χ2n) is 7.69. The lowest BCUT2D eigenvalue weighted by Gasteiger charge is -2.28. The maximum atomic E-state index is 12.9. The summed E-state index contributed by atoms with van der Waals surface area (Å²) in [5.41, 5.74) is 11.0. The number of carboxylic acids is 1. The van der Waals surface area contributed by atoms with Gasteiger partial charge in [0.25, 0.3) is 0 Å². The quantitative estimate of drug-likeness (QED) is 0.171. The number of hydrogen-bond acceptors (Lipinski definition) is 7. The fraction of sp³-hybridized carbons (Fsp3) is 0.800. The second-order valence-corrected chi connectivity index (χ2v) is 8.67. The molecule has 0 aromatic rings. The first-order chi connectivity index (χ1) is 14.6. The molecule has 0 fully saturated rings. The number of nitrogens with two attached hydrogens (primary N) is 2. The monoisotopic (exact) mass is 461 g/mol. The SMILES string of the molecule is CCC(C)C(NC(=O)C(CCSC)NC(=O)C(C)N)C(=O)NC(CCCCN)C(=O)O. The number of carbonyl (C=O) groups is 4. The highest BCUT2D eigenvalue weighted by Gasteiger charge is 2.32. The van der Waals surface area contributed by atoms with E-state index in [0.717, 1.165) is 0 Å². The molecule has 5 atom stereocenters. The van der Waals surface area contributed by atoms with Gasteiger partial charge in [0.15, 0.2) is 0 Å². The summed E-state index contributed by atoms with van der Waals surface area (Å²) in [5, 5.41) is 17.3. The third-order valence-corrected chi connectivity index (χ3v) is 5.66. The van der Waals surface area contributed by atoms with Gasteiger partial charge in [-0.15, -0.1) is 0 Å². The molecule has 0 aliphatic heterocycles. The Morgan fingerprint density at radius 3 is 2.03 bits per heavy atom. The molecule has 0 aliphatic carbocycles. The van der Waals surface area contributed by atoms with Gasteiger partial charge in [-0.05, 0) is 57.1 Å². The summed E-state index contributed by atoms with van der Waals surface area (Å²) in [6, 6.07) is -3.61. The van der Waals surface area contributed by atoms with E-state index >= 15 is 0 Å². The molecule has 0 aliphatic rings. The lowest BCUT2D eigenvalue weighted by Crippen LogP contribution is -2.58. The van der Waals surface area contributed by atoms with Gasteiger partial charge in [-0.25, -0.2) is 4.79 Å². The van der Waals surface area contributed by atoms with E-state index in [9.17, 15) is 24.3 Å². The zero-order valence-electron chi connectivity index (χ0n) is 19.0. The van der Waals surface area contributed by atoms with Crippen molar-refractivity contribution in [1.29, 1.82) is 0 Å². The van der Waals surface area contributed by atoms with Gasteiger partial charge in [-0.3, -0.25) is 14.4 Å². The smallest absolute Gasteiger partial charge is 0.326 e. The van der Waals surface area contributed by atoms with E-state index < -0.39 is 47.9 Å². The molecule has 5 unspecified atom stereocenters. The van der Waals surface area contributed by atoms with E-state index in [0.29, 0.717) is 38.0 Å². The fourth-order valence-corrected chi connectivity index (χ4v) is 3.25. The molecule has 0 rings (SSSR count). The van der Waals surface area contributed by atoms with Gasteiger partial charge in [-0.1, -0.05) is 20.3 Å².